The van der Waals surface area contributed by atoms with Gasteiger partial charge in [-0.1, -0.05) is 13.8 Å². The van der Waals surface area contributed by atoms with Crippen LogP contribution in [0.4, 0.5) is 5.69 Å². The molecule has 1 aromatic rings. The van der Waals surface area contributed by atoms with Gasteiger partial charge in [-0.3, -0.25) is 10.1 Å². The van der Waals surface area contributed by atoms with Crippen molar-refractivity contribution in [3.05, 3.63) is 28.3 Å². The Morgan fingerprint density at radius 2 is 1.89 bits per heavy atom. The standard InChI is InChI=1S/C11H16N2O5S/c1-4-12(5-2)19(16,17)11-8-9(13(14)15)6-7-10(11)18-3/h6-8H,4-5H2,1-3H3. The number of hydrogen-bond acceptors (Lipinski definition) is 5. The largest absolute Gasteiger partial charge is 0.495 e. The van der Waals surface area contributed by atoms with Crippen LogP contribution in [0.3, 0.4) is 0 Å². The van der Waals surface area contributed by atoms with Crippen molar-refractivity contribution >= 4 is 15.7 Å². The predicted molar refractivity (Wildman–Crippen MR) is 69.8 cm³/mol. The van der Waals surface area contributed by atoms with Crippen LogP contribution in [0, 0.1) is 10.1 Å². The number of nitrogens with zero attached hydrogens (tertiary/aromatic N) is 2. The van der Waals surface area contributed by atoms with Gasteiger partial charge in [0.2, 0.25) is 10.0 Å². The van der Waals surface area contributed by atoms with Crippen LogP contribution in [-0.2, 0) is 10.0 Å². The molecule has 8 heteroatoms. The van der Waals surface area contributed by atoms with Gasteiger partial charge in [0, 0.05) is 25.2 Å². The first-order chi connectivity index (χ1) is 8.88. The van der Waals surface area contributed by atoms with Crippen LogP contribution in [0.5, 0.6) is 5.75 Å². The van der Waals surface area contributed by atoms with Crippen LogP contribution in [0.2, 0.25) is 0 Å². The van der Waals surface area contributed by atoms with Gasteiger partial charge in [-0.25, -0.2) is 8.42 Å². The lowest BCUT2D eigenvalue weighted by molar-refractivity contribution is -0.385. The number of benzene rings is 1. The van der Waals surface area contributed by atoms with Crippen molar-refractivity contribution in [1.29, 1.82) is 0 Å². The fourth-order valence-corrected chi connectivity index (χ4v) is 3.32. The van der Waals surface area contributed by atoms with Gasteiger partial charge in [-0.15, -0.1) is 0 Å². The summed E-state index contributed by atoms with van der Waals surface area (Å²) in [7, 11) is -2.47. The summed E-state index contributed by atoms with van der Waals surface area (Å²) in [6, 6.07) is 3.51. The minimum absolute atomic E-state index is 0.0949. The van der Waals surface area contributed by atoms with Crippen LogP contribution in [0.25, 0.3) is 0 Å². The summed E-state index contributed by atoms with van der Waals surface area (Å²) in [6.07, 6.45) is 0. The molecular weight excluding hydrogens is 272 g/mol. The molecule has 0 N–H and O–H groups in total. The quantitative estimate of drug-likeness (QED) is 0.586. The van der Waals surface area contributed by atoms with E-state index in [2.05, 4.69) is 0 Å². The monoisotopic (exact) mass is 288 g/mol. The first-order valence-corrected chi connectivity index (χ1v) is 7.15. The van der Waals surface area contributed by atoms with E-state index in [-0.39, 0.29) is 29.4 Å². The van der Waals surface area contributed by atoms with Crippen LogP contribution in [0.15, 0.2) is 23.1 Å². The zero-order chi connectivity index (χ0) is 14.6. The van der Waals surface area contributed by atoms with E-state index in [0.29, 0.717) is 0 Å². The average Bonchev–Trinajstić information content (AvgIpc) is 2.38. The summed E-state index contributed by atoms with van der Waals surface area (Å²) in [5.74, 6) is 0.0949. The van der Waals surface area contributed by atoms with Gasteiger partial charge < -0.3 is 4.74 Å². The molecule has 1 aromatic carbocycles. The maximum atomic E-state index is 12.4. The molecule has 1 rings (SSSR count). The molecule has 0 unspecified atom stereocenters. The molecule has 0 saturated heterocycles. The number of sulfonamides is 1. The molecule has 0 saturated carbocycles. The van der Waals surface area contributed by atoms with Crippen LogP contribution in [-0.4, -0.2) is 37.8 Å². The first kappa shape index (κ1) is 15.4. The van der Waals surface area contributed by atoms with Crippen LogP contribution >= 0.6 is 0 Å². The Morgan fingerprint density at radius 1 is 1.32 bits per heavy atom. The molecule has 0 radical (unpaired) electrons. The van der Waals surface area contributed by atoms with Gasteiger partial charge in [0.25, 0.3) is 5.69 Å². The van der Waals surface area contributed by atoms with Crippen LogP contribution < -0.4 is 4.74 Å². The van der Waals surface area contributed by atoms with Gasteiger partial charge in [0.05, 0.1) is 12.0 Å². The zero-order valence-electron chi connectivity index (χ0n) is 11.0. The lowest BCUT2D eigenvalue weighted by atomic mass is 10.3. The smallest absolute Gasteiger partial charge is 0.271 e. The van der Waals surface area contributed by atoms with E-state index in [1.54, 1.807) is 13.8 Å². The number of nitro benzene ring substituents is 1. The van der Waals surface area contributed by atoms with Gasteiger partial charge in [-0.05, 0) is 6.07 Å². The molecule has 19 heavy (non-hydrogen) atoms. The number of hydrogen-bond donors (Lipinski definition) is 0. The number of non-ortho nitro benzene ring substituents is 1. The highest BCUT2D eigenvalue weighted by molar-refractivity contribution is 7.89. The highest BCUT2D eigenvalue weighted by Gasteiger charge is 2.27. The van der Waals surface area contributed by atoms with Crippen molar-refractivity contribution < 1.29 is 18.1 Å². The Kier molecular flexibility index (Phi) is 4.84. The van der Waals surface area contributed by atoms with Gasteiger partial charge in [0.15, 0.2) is 0 Å². The third-order valence-corrected chi connectivity index (χ3v) is 4.75. The topological polar surface area (TPSA) is 89.8 Å². The Labute approximate surface area is 112 Å². The normalized spacial score (nSPS) is 11.6. The van der Waals surface area contributed by atoms with E-state index < -0.39 is 14.9 Å². The molecule has 106 valence electrons. The molecular formula is C11H16N2O5S. The predicted octanol–water partition coefficient (Wildman–Crippen LogP) is 1.63. The van der Waals surface area contributed by atoms with Gasteiger partial charge in [0.1, 0.15) is 10.6 Å². The summed E-state index contributed by atoms with van der Waals surface area (Å²) >= 11 is 0. The first-order valence-electron chi connectivity index (χ1n) is 5.71. The number of methoxy groups -OCH3 is 1. The molecule has 0 atom stereocenters. The minimum Gasteiger partial charge on any atom is -0.495 e. The van der Waals surface area contributed by atoms with Crippen molar-refractivity contribution in [2.75, 3.05) is 20.2 Å². The second-order valence-corrected chi connectivity index (χ2v) is 5.59. The van der Waals surface area contributed by atoms with Gasteiger partial charge in [-0.2, -0.15) is 4.31 Å². The average molecular weight is 288 g/mol. The Bertz CT molecular complexity index is 566. The highest BCUT2D eigenvalue weighted by atomic mass is 32.2. The van der Waals surface area contributed by atoms with Crippen molar-refractivity contribution in [3.8, 4) is 5.75 Å². The summed E-state index contributed by atoms with van der Waals surface area (Å²) in [6.45, 7) is 3.96. The molecule has 0 amide bonds. The van der Waals surface area contributed by atoms with E-state index in [0.717, 1.165) is 6.07 Å². The highest BCUT2D eigenvalue weighted by Crippen LogP contribution is 2.30. The summed E-state index contributed by atoms with van der Waals surface area (Å²) in [5, 5.41) is 10.7. The van der Waals surface area contributed by atoms with Crippen molar-refractivity contribution in [2.45, 2.75) is 18.7 Å². The fraction of sp³-hybridized carbons (Fsp3) is 0.455. The lowest BCUT2D eigenvalue weighted by Crippen LogP contribution is -2.30. The maximum absolute atomic E-state index is 12.4. The summed E-state index contributed by atoms with van der Waals surface area (Å²) < 4.78 is 30.9. The molecule has 0 spiro atoms. The second-order valence-electron chi connectivity index (χ2n) is 3.68. The Morgan fingerprint density at radius 3 is 2.32 bits per heavy atom. The maximum Gasteiger partial charge on any atom is 0.271 e. The molecule has 0 aliphatic rings. The van der Waals surface area contributed by atoms with E-state index in [9.17, 15) is 18.5 Å². The van der Waals surface area contributed by atoms with Crippen molar-refractivity contribution in [2.24, 2.45) is 0 Å². The molecule has 7 nitrogen and oxygen atoms in total. The molecule has 0 aliphatic heterocycles. The van der Waals surface area contributed by atoms with E-state index in [1.165, 1.54) is 23.5 Å². The van der Waals surface area contributed by atoms with Crippen molar-refractivity contribution in [1.82, 2.24) is 4.31 Å². The third-order valence-electron chi connectivity index (χ3n) is 2.68. The van der Waals surface area contributed by atoms with E-state index >= 15 is 0 Å². The minimum atomic E-state index is -3.80. The molecule has 0 fully saturated rings. The number of rotatable bonds is 6. The molecule has 0 aliphatic carbocycles. The van der Waals surface area contributed by atoms with Crippen molar-refractivity contribution in [3.63, 3.8) is 0 Å². The Hall–Kier alpha value is -1.67. The summed E-state index contributed by atoms with van der Waals surface area (Å²) in [4.78, 5) is 9.92. The number of ether oxygens (including phenoxy) is 1. The van der Waals surface area contributed by atoms with E-state index in [1.807, 2.05) is 0 Å². The number of nitro groups is 1. The molecule has 0 bridgehead atoms. The fourth-order valence-electron chi connectivity index (χ4n) is 1.68. The SMILES string of the molecule is CCN(CC)S(=O)(=O)c1cc([N+](=O)[O-])ccc1OC. The van der Waals surface area contributed by atoms with Gasteiger partial charge >= 0.3 is 0 Å². The zero-order valence-corrected chi connectivity index (χ0v) is 11.8. The summed E-state index contributed by atoms with van der Waals surface area (Å²) in [5.41, 5.74) is -0.286. The van der Waals surface area contributed by atoms with Crippen LogP contribution in [0.1, 0.15) is 13.8 Å². The Balaban J connectivity index is 3.46. The second kappa shape index (κ2) is 5.98. The molecule has 0 heterocycles. The van der Waals surface area contributed by atoms with E-state index in [4.69, 9.17) is 4.74 Å². The molecule has 0 aromatic heterocycles. The third kappa shape index (κ3) is 3.02. The lowest BCUT2D eigenvalue weighted by Gasteiger charge is -2.19.